The van der Waals surface area contributed by atoms with E-state index in [1.54, 1.807) is 18.2 Å². The van der Waals surface area contributed by atoms with Crippen LogP contribution in [0.3, 0.4) is 0 Å². The summed E-state index contributed by atoms with van der Waals surface area (Å²) in [5.74, 6) is -0.246. The van der Waals surface area contributed by atoms with E-state index in [0.717, 1.165) is 26.1 Å². The molecule has 0 radical (unpaired) electrons. The summed E-state index contributed by atoms with van der Waals surface area (Å²) in [5, 5.41) is 0. The van der Waals surface area contributed by atoms with Gasteiger partial charge < -0.3 is 10.6 Å². The van der Waals surface area contributed by atoms with Crippen LogP contribution in [0.4, 0.5) is 10.2 Å². The molecular formula is C21H22FN5O. The van der Waals surface area contributed by atoms with Gasteiger partial charge in [-0.3, -0.25) is 4.79 Å². The van der Waals surface area contributed by atoms with Gasteiger partial charge in [-0.05, 0) is 69.2 Å². The minimum Gasteiger partial charge on any atom is -0.382 e. The maximum atomic E-state index is 14.2. The zero-order chi connectivity index (χ0) is 19.5. The van der Waals surface area contributed by atoms with Gasteiger partial charge in [0.15, 0.2) is 11.6 Å². The Bertz CT molecular complexity index is 1020. The molecule has 0 aliphatic carbocycles. The van der Waals surface area contributed by atoms with Gasteiger partial charge in [0.2, 0.25) is 0 Å². The number of carbonyl (C=O) groups is 1. The number of pyridine rings is 1. The summed E-state index contributed by atoms with van der Waals surface area (Å²) in [6.07, 6.45) is 5.03. The molecule has 1 aliphatic heterocycles. The molecule has 0 spiro atoms. The fraction of sp³-hybridized carbons (Fsp3) is 0.333. The molecule has 1 saturated heterocycles. The molecule has 0 saturated carbocycles. The molecule has 1 aromatic carbocycles. The number of nitrogens with zero attached hydrogens (tertiary/aromatic N) is 4. The number of nitrogen functional groups attached to an aromatic ring is 1. The Balaban J connectivity index is 1.55. The van der Waals surface area contributed by atoms with E-state index in [2.05, 4.69) is 19.9 Å². The summed E-state index contributed by atoms with van der Waals surface area (Å²) >= 11 is 0. The lowest BCUT2D eigenvalue weighted by Gasteiger charge is -2.13. The van der Waals surface area contributed by atoms with Gasteiger partial charge in [0.05, 0.1) is 11.2 Å². The number of carbonyl (C=O) groups excluding carboxylic acids is 1. The molecule has 28 heavy (non-hydrogen) atoms. The van der Waals surface area contributed by atoms with E-state index in [1.165, 1.54) is 31.3 Å². The lowest BCUT2D eigenvalue weighted by molar-refractivity contribution is 0.0975. The average molecular weight is 379 g/mol. The van der Waals surface area contributed by atoms with Gasteiger partial charge in [0, 0.05) is 17.5 Å². The van der Waals surface area contributed by atoms with E-state index in [1.807, 2.05) is 0 Å². The number of anilines is 1. The largest absolute Gasteiger partial charge is 0.382 e. The number of ketones is 1. The lowest BCUT2D eigenvalue weighted by atomic mass is 10.0. The second-order valence-corrected chi connectivity index (χ2v) is 7.13. The molecule has 7 heteroatoms. The molecule has 3 aromatic rings. The summed E-state index contributed by atoms with van der Waals surface area (Å²) in [4.78, 5) is 27.5. The third-order valence-electron chi connectivity index (χ3n) is 5.10. The van der Waals surface area contributed by atoms with E-state index in [4.69, 9.17) is 5.73 Å². The quantitative estimate of drug-likeness (QED) is 0.660. The minimum atomic E-state index is -0.459. The fourth-order valence-electron chi connectivity index (χ4n) is 3.63. The van der Waals surface area contributed by atoms with Crippen LogP contribution < -0.4 is 5.73 Å². The fourth-order valence-corrected chi connectivity index (χ4v) is 3.63. The van der Waals surface area contributed by atoms with Crippen LogP contribution in [0.1, 0.15) is 36.0 Å². The van der Waals surface area contributed by atoms with Crippen molar-refractivity contribution in [3.05, 3.63) is 48.0 Å². The van der Waals surface area contributed by atoms with Crippen molar-refractivity contribution >= 4 is 22.6 Å². The van der Waals surface area contributed by atoms with Crippen molar-refractivity contribution in [2.75, 3.05) is 25.4 Å². The van der Waals surface area contributed by atoms with Gasteiger partial charge in [0.1, 0.15) is 17.7 Å². The molecule has 0 bridgehead atoms. The van der Waals surface area contributed by atoms with Crippen molar-refractivity contribution in [1.82, 2.24) is 19.9 Å². The molecule has 3 heterocycles. The molecule has 0 amide bonds. The van der Waals surface area contributed by atoms with E-state index < -0.39 is 5.82 Å². The highest BCUT2D eigenvalue weighted by Crippen LogP contribution is 2.24. The Morgan fingerprint density at radius 2 is 1.96 bits per heavy atom. The first-order chi connectivity index (χ1) is 13.6. The molecular weight excluding hydrogens is 357 g/mol. The summed E-state index contributed by atoms with van der Waals surface area (Å²) in [7, 11) is 0. The predicted molar refractivity (Wildman–Crippen MR) is 106 cm³/mol. The normalized spacial score (nSPS) is 14.6. The Labute approximate surface area is 162 Å². The molecule has 0 unspecified atom stereocenters. The van der Waals surface area contributed by atoms with Crippen LogP contribution in [0.25, 0.3) is 22.3 Å². The topological polar surface area (TPSA) is 85.0 Å². The smallest absolute Gasteiger partial charge is 0.163 e. The second kappa shape index (κ2) is 7.98. The van der Waals surface area contributed by atoms with Gasteiger partial charge in [0.25, 0.3) is 0 Å². The Morgan fingerprint density at radius 1 is 1.14 bits per heavy atom. The zero-order valence-corrected chi connectivity index (χ0v) is 15.6. The molecule has 4 rings (SSSR count). The summed E-state index contributed by atoms with van der Waals surface area (Å²) in [6, 6.07) is 7.86. The number of halogens is 1. The molecule has 1 aliphatic rings. The van der Waals surface area contributed by atoms with Crippen molar-refractivity contribution in [3.63, 3.8) is 0 Å². The molecule has 144 valence electrons. The average Bonchev–Trinajstić information content (AvgIpc) is 3.21. The first kappa shape index (κ1) is 18.4. The molecule has 6 nitrogen and oxygen atoms in total. The van der Waals surface area contributed by atoms with Gasteiger partial charge in [-0.1, -0.05) is 0 Å². The predicted octanol–water partition coefficient (Wildman–Crippen LogP) is 3.47. The van der Waals surface area contributed by atoms with Crippen molar-refractivity contribution in [2.24, 2.45) is 0 Å². The third kappa shape index (κ3) is 3.99. The zero-order valence-electron chi connectivity index (χ0n) is 15.6. The Hall–Kier alpha value is -2.93. The first-order valence-corrected chi connectivity index (χ1v) is 9.54. The number of fused-ring (bicyclic) bond motifs is 1. The van der Waals surface area contributed by atoms with Gasteiger partial charge >= 0.3 is 0 Å². The van der Waals surface area contributed by atoms with Crippen molar-refractivity contribution in [2.45, 2.75) is 25.7 Å². The van der Waals surface area contributed by atoms with Crippen LogP contribution in [0.5, 0.6) is 0 Å². The Kier molecular flexibility index (Phi) is 5.25. The molecule has 2 aromatic heterocycles. The lowest BCUT2D eigenvalue weighted by Crippen LogP contribution is -2.21. The maximum Gasteiger partial charge on any atom is 0.163 e. The van der Waals surface area contributed by atoms with E-state index in [-0.39, 0.29) is 11.6 Å². The van der Waals surface area contributed by atoms with Crippen molar-refractivity contribution < 1.29 is 9.18 Å². The maximum absolute atomic E-state index is 14.2. The standard InChI is InChI=1S/C21H22FN5O/c22-16-11-14(17-5-6-18-20(26-17)21(23)25-13-24-18)10-15(12-16)19(28)4-3-9-27-7-1-2-8-27/h5-6,10-13H,1-4,7-9H2,(H2,23,24,25). The van der Waals surface area contributed by atoms with Crippen molar-refractivity contribution in [3.8, 4) is 11.3 Å². The number of rotatable bonds is 6. The summed E-state index contributed by atoms with van der Waals surface area (Å²) in [6.45, 7) is 3.14. The highest BCUT2D eigenvalue weighted by molar-refractivity contribution is 5.97. The van der Waals surface area contributed by atoms with Gasteiger partial charge in [-0.15, -0.1) is 0 Å². The number of likely N-dealkylation sites (tertiary alicyclic amines) is 1. The van der Waals surface area contributed by atoms with Crippen molar-refractivity contribution in [1.29, 1.82) is 0 Å². The monoisotopic (exact) mass is 379 g/mol. The molecule has 2 N–H and O–H groups in total. The van der Waals surface area contributed by atoms with Gasteiger partial charge in [-0.2, -0.15) is 0 Å². The van der Waals surface area contributed by atoms with Crippen LogP contribution in [0.15, 0.2) is 36.7 Å². The highest BCUT2D eigenvalue weighted by Gasteiger charge is 2.14. The number of nitrogens with two attached hydrogens (primary N) is 1. The van der Waals surface area contributed by atoms with E-state index >= 15 is 0 Å². The number of hydrogen-bond donors (Lipinski definition) is 1. The highest BCUT2D eigenvalue weighted by atomic mass is 19.1. The van der Waals surface area contributed by atoms with E-state index in [0.29, 0.717) is 34.3 Å². The second-order valence-electron chi connectivity index (χ2n) is 7.13. The molecule has 0 atom stereocenters. The summed E-state index contributed by atoms with van der Waals surface area (Å²) < 4.78 is 14.2. The number of Topliss-reactive ketones (excluding diaryl/α,β-unsaturated/α-hetero) is 1. The van der Waals surface area contributed by atoms with Crippen LogP contribution in [0.2, 0.25) is 0 Å². The van der Waals surface area contributed by atoms with Crippen LogP contribution in [-0.2, 0) is 0 Å². The third-order valence-corrected chi connectivity index (χ3v) is 5.10. The SMILES string of the molecule is Nc1ncnc2ccc(-c3cc(F)cc(C(=O)CCCN4CCCC4)c3)nc12. The number of hydrogen-bond acceptors (Lipinski definition) is 6. The molecule has 1 fully saturated rings. The summed E-state index contributed by atoms with van der Waals surface area (Å²) in [5.41, 5.74) is 8.38. The minimum absolute atomic E-state index is 0.0522. The van der Waals surface area contributed by atoms with Crippen LogP contribution in [-0.4, -0.2) is 45.3 Å². The van der Waals surface area contributed by atoms with E-state index in [9.17, 15) is 9.18 Å². The number of aromatic nitrogens is 3. The van der Waals surface area contributed by atoms with Crippen LogP contribution >= 0.6 is 0 Å². The van der Waals surface area contributed by atoms with Gasteiger partial charge in [-0.25, -0.2) is 19.3 Å². The Morgan fingerprint density at radius 3 is 2.79 bits per heavy atom. The number of benzene rings is 1. The first-order valence-electron chi connectivity index (χ1n) is 9.54. The van der Waals surface area contributed by atoms with Crippen LogP contribution in [0, 0.1) is 5.82 Å².